The van der Waals surface area contributed by atoms with Crippen LogP contribution in [0.3, 0.4) is 0 Å². The smallest absolute Gasteiger partial charge is 0.260 e. The van der Waals surface area contributed by atoms with Gasteiger partial charge in [-0.25, -0.2) is 4.98 Å². The maximum Gasteiger partial charge on any atom is 0.260 e. The molecule has 2 heterocycles. The summed E-state index contributed by atoms with van der Waals surface area (Å²) in [5.74, 6) is 0.914. The van der Waals surface area contributed by atoms with E-state index in [4.69, 9.17) is 10.5 Å². The molecule has 2 aromatic heterocycles. The number of ether oxygens (including phenoxy) is 1. The van der Waals surface area contributed by atoms with E-state index in [1.165, 1.54) is 0 Å². The zero-order valence-electron chi connectivity index (χ0n) is 12.6. The second-order valence-electron chi connectivity index (χ2n) is 5.40. The van der Waals surface area contributed by atoms with E-state index in [-0.39, 0.29) is 0 Å². The number of hydrogen-bond acceptors (Lipinski definition) is 5. The van der Waals surface area contributed by atoms with Crippen molar-refractivity contribution in [2.45, 2.75) is 39.8 Å². The fourth-order valence-electron chi connectivity index (χ4n) is 2.38. The Morgan fingerprint density at radius 2 is 2.00 bits per heavy atom. The first kappa shape index (κ1) is 14.6. The molecule has 6 nitrogen and oxygen atoms in total. The van der Waals surface area contributed by atoms with Gasteiger partial charge in [0.2, 0.25) is 5.65 Å². The van der Waals surface area contributed by atoms with Crippen molar-refractivity contribution in [3.8, 4) is 5.88 Å². The summed E-state index contributed by atoms with van der Waals surface area (Å²) < 4.78 is 7.59. The molecular weight excluding hydrogens is 254 g/mol. The van der Waals surface area contributed by atoms with Crippen LogP contribution in [0.25, 0.3) is 5.65 Å². The molecule has 0 radical (unpaired) electrons. The van der Waals surface area contributed by atoms with Gasteiger partial charge < -0.3 is 10.5 Å². The van der Waals surface area contributed by atoms with Gasteiger partial charge in [0.15, 0.2) is 0 Å². The van der Waals surface area contributed by atoms with E-state index in [0.29, 0.717) is 36.0 Å². The SMILES string of the molecule is CC(C)N(CCOc1nc(N)cn2ccnc12)C(C)C. The second-order valence-corrected chi connectivity index (χ2v) is 5.40. The van der Waals surface area contributed by atoms with E-state index in [1.807, 2.05) is 10.6 Å². The second kappa shape index (κ2) is 6.09. The zero-order valence-corrected chi connectivity index (χ0v) is 12.6. The van der Waals surface area contributed by atoms with E-state index in [9.17, 15) is 0 Å². The van der Waals surface area contributed by atoms with Crippen LogP contribution in [0.4, 0.5) is 5.82 Å². The first-order chi connectivity index (χ1) is 9.49. The molecule has 0 bridgehead atoms. The lowest BCUT2D eigenvalue weighted by Gasteiger charge is -2.30. The molecule has 0 aliphatic rings. The minimum Gasteiger partial charge on any atom is -0.474 e. The molecule has 0 spiro atoms. The monoisotopic (exact) mass is 277 g/mol. The summed E-state index contributed by atoms with van der Waals surface area (Å²) in [5, 5.41) is 0. The highest BCUT2D eigenvalue weighted by Gasteiger charge is 2.14. The summed E-state index contributed by atoms with van der Waals surface area (Å²) in [7, 11) is 0. The molecule has 0 fully saturated rings. The predicted molar refractivity (Wildman–Crippen MR) is 79.9 cm³/mol. The number of aromatic nitrogens is 3. The molecule has 110 valence electrons. The number of anilines is 1. The lowest BCUT2D eigenvalue weighted by Crippen LogP contribution is -2.39. The fourth-order valence-corrected chi connectivity index (χ4v) is 2.38. The van der Waals surface area contributed by atoms with Crippen LogP contribution in [0, 0.1) is 0 Å². The molecule has 0 saturated carbocycles. The molecule has 0 saturated heterocycles. The van der Waals surface area contributed by atoms with Crippen molar-refractivity contribution in [2.75, 3.05) is 18.9 Å². The molecule has 2 rings (SSSR count). The molecule has 0 aliphatic carbocycles. The van der Waals surface area contributed by atoms with Gasteiger partial charge in [0.1, 0.15) is 12.4 Å². The topological polar surface area (TPSA) is 68.7 Å². The summed E-state index contributed by atoms with van der Waals surface area (Å²) in [5.41, 5.74) is 6.46. The van der Waals surface area contributed by atoms with Crippen molar-refractivity contribution < 1.29 is 4.74 Å². The van der Waals surface area contributed by atoms with E-state index in [0.717, 1.165) is 6.54 Å². The Hall–Kier alpha value is -1.82. The first-order valence-corrected chi connectivity index (χ1v) is 6.96. The van der Waals surface area contributed by atoms with Crippen molar-refractivity contribution in [1.82, 2.24) is 19.3 Å². The van der Waals surface area contributed by atoms with Crippen molar-refractivity contribution >= 4 is 11.5 Å². The molecule has 0 atom stereocenters. The number of nitrogens with zero attached hydrogens (tertiary/aromatic N) is 4. The molecule has 6 heteroatoms. The molecule has 0 amide bonds. The van der Waals surface area contributed by atoms with E-state index < -0.39 is 0 Å². The minimum atomic E-state index is 0.426. The molecular formula is C14H23N5O. The normalized spacial score (nSPS) is 11.9. The van der Waals surface area contributed by atoms with Crippen LogP contribution >= 0.6 is 0 Å². The Labute approximate surface area is 119 Å². The highest BCUT2D eigenvalue weighted by molar-refractivity contribution is 5.52. The summed E-state index contributed by atoms with van der Waals surface area (Å²) in [6.45, 7) is 10.2. The van der Waals surface area contributed by atoms with Crippen LogP contribution < -0.4 is 10.5 Å². The van der Waals surface area contributed by atoms with Gasteiger partial charge in [-0.3, -0.25) is 9.30 Å². The number of hydrogen-bond donors (Lipinski definition) is 1. The highest BCUT2D eigenvalue weighted by atomic mass is 16.5. The van der Waals surface area contributed by atoms with Crippen LogP contribution in [0.2, 0.25) is 0 Å². The Kier molecular flexibility index (Phi) is 4.44. The van der Waals surface area contributed by atoms with Gasteiger partial charge in [0.25, 0.3) is 5.88 Å². The van der Waals surface area contributed by atoms with Gasteiger partial charge in [-0.15, -0.1) is 0 Å². The Bertz CT molecular complexity index is 556. The number of rotatable bonds is 6. The summed E-state index contributed by atoms with van der Waals surface area (Å²) in [4.78, 5) is 10.8. The molecule has 0 aliphatic heterocycles. The molecule has 20 heavy (non-hydrogen) atoms. The summed E-state index contributed by atoms with van der Waals surface area (Å²) in [6.07, 6.45) is 5.26. The molecule has 2 aromatic rings. The van der Waals surface area contributed by atoms with Gasteiger partial charge in [-0.1, -0.05) is 0 Å². The average Bonchev–Trinajstić information content (AvgIpc) is 2.81. The Morgan fingerprint density at radius 1 is 1.30 bits per heavy atom. The number of nitrogens with two attached hydrogens (primary N) is 1. The van der Waals surface area contributed by atoms with Crippen LogP contribution in [-0.2, 0) is 0 Å². The minimum absolute atomic E-state index is 0.426. The predicted octanol–water partition coefficient (Wildman–Crippen LogP) is 1.81. The maximum atomic E-state index is 5.77. The van der Waals surface area contributed by atoms with Gasteiger partial charge in [0, 0.05) is 31.0 Å². The van der Waals surface area contributed by atoms with Crippen molar-refractivity contribution in [1.29, 1.82) is 0 Å². The van der Waals surface area contributed by atoms with Gasteiger partial charge >= 0.3 is 0 Å². The third-order valence-electron chi connectivity index (χ3n) is 3.28. The van der Waals surface area contributed by atoms with E-state index >= 15 is 0 Å². The fraction of sp³-hybridized carbons (Fsp3) is 0.571. The summed E-state index contributed by atoms with van der Waals surface area (Å²) >= 11 is 0. The maximum absolute atomic E-state index is 5.77. The van der Waals surface area contributed by atoms with Gasteiger partial charge in [-0.05, 0) is 27.7 Å². The van der Waals surface area contributed by atoms with Crippen molar-refractivity contribution in [2.24, 2.45) is 0 Å². The Balaban J connectivity index is 2.04. The third kappa shape index (κ3) is 3.19. The largest absolute Gasteiger partial charge is 0.474 e. The van der Waals surface area contributed by atoms with E-state index in [1.54, 1.807) is 12.4 Å². The van der Waals surface area contributed by atoms with Crippen LogP contribution in [0.5, 0.6) is 5.88 Å². The van der Waals surface area contributed by atoms with Crippen LogP contribution in [0.1, 0.15) is 27.7 Å². The third-order valence-corrected chi connectivity index (χ3v) is 3.28. The van der Waals surface area contributed by atoms with Gasteiger partial charge in [-0.2, -0.15) is 4.98 Å². The van der Waals surface area contributed by atoms with E-state index in [2.05, 4.69) is 42.6 Å². The number of imidazole rings is 1. The molecule has 2 N–H and O–H groups in total. The van der Waals surface area contributed by atoms with Crippen molar-refractivity contribution in [3.63, 3.8) is 0 Å². The molecule has 0 unspecified atom stereocenters. The van der Waals surface area contributed by atoms with Crippen LogP contribution in [-0.4, -0.2) is 44.5 Å². The zero-order chi connectivity index (χ0) is 14.7. The number of fused-ring (bicyclic) bond motifs is 1. The number of nitrogen functional groups attached to an aromatic ring is 1. The van der Waals surface area contributed by atoms with Crippen molar-refractivity contribution in [3.05, 3.63) is 18.6 Å². The van der Waals surface area contributed by atoms with Gasteiger partial charge in [0.05, 0.1) is 6.20 Å². The highest BCUT2D eigenvalue weighted by Crippen LogP contribution is 2.17. The Morgan fingerprint density at radius 3 is 2.65 bits per heavy atom. The lowest BCUT2D eigenvalue weighted by molar-refractivity contribution is 0.140. The summed E-state index contributed by atoms with van der Waals surface area (Å²) in [6, 6.07) is 0.970. The average molecular weight is 277 g/mol. The molecule has 0 aromatic carbocycles. The standard InChI is InChI=1S/C14H23N5O/c1-10(2)19(11(3)4)7-8-20-14-13-16-5-6-18(13)9-12(15)17-14/h5-6,9-11H,7-8,15H2,1-4H3. The quantitative estimate of drug-likeness (QED) is 0.872. The lowest BCUT2D eigenvalue weighted by atomic mass is 10.2. The van der Waals surface area contributed by atoms with Crippen LogP contribution in [0.15, 0.2) is 18.6 Å². The first-order valence-electron chi connectivity index (χ1n) is 6.96.